The lowest BCUT2D eigenvalue weighted by molar-refractivity contribution is 0.391. The van der Waals surface area contributed by atoms with Crippen molar-refractivity contribution >= 4 is 43.8 Å². The quantitative estimate of drug-likeness (QED) is 0.588. The van der Waals surface area contributed by atoms with E-state index in [0.29, 0.717) is 28.5 Å². The number of piperazine rings is 1. The molecule has 3 aromatic rings. The number of sulfonamides is 1. The monoisotopic (exact) mass is 459 g/mol. The molecular formula is C23H26ClN3O3S. The summed E-state index contributed by atoms with van der Waals surface area (Å²) < 4.78 is 34.4. The molecule has 4 rings (SSSR count). The molecule has 31 heavy (non-hydrogen) atoms. The summed E-state index contributed by atoms with van der Waals surface area (Å²) in [5.74, 6) is 0.713. The van der Waals surface area contributed by atoms with Crippen LogP contribution < -0.4 is 19.7 Å². The van der Waals surface area contributed by atoms with Gasteiger partial charge < -0.3 is 15.0 Å². The second-order valence-corrected chi connectivity index (χ2v) is 10.1. The molecule has 1 aliphatic heterocycles. The second-order valence-electron chi connectivity index (χ2n) is 7.99. The smallest absolute Gasteiger partial charge is 0.261 e. The zero-order valence-electron chi connectivity index (χ0n) is 17.7. The molecule has 0 bridgehead atoms. The topological polar surface area (TPSA) is 70.7 Å². The van der Waals surface area contributed by atoms with Crippen molar-refractivity contribution in [3.05, 3.63) is 59.6 Å². The lowest BCUT2D eigenvalue weighted by Crippen LogP contribution is -2.54. The van der Waals surface area contributed by atoms with Gasteiger partial charge in [-0.1, -0.05) is 29.8 Å². The Hall–Kier alpha value is -2.48. The first kappa shape index (κ1) is 21.7. The summed E-state index contributed by atoms with van der Waals surface area (Å²) in [5.41, 5.74) is 1.36. The number of halogens is 1. The second kappa shape index (κ2) is 8.57. The lowest BCUT2D eigenvalue weighted by Gasteiger charge is -2.38. The van der Waals surface area contributed by atoms with E-state index in [2.05, 4.69) is 28.8 Å². The predicted octanol–water partition coefficient (Wildman–Crippen LogP) is 4.49. The molecule has 0 radical (unpaired) electrons. The number of hydrogen-bond acceptors (Lipinski definition) is 5. The van der Waals surface area contributed by atoms with Crippen LogP contribution >= 0.6 is 11.6 Å². The van der Waals surface area contributed by atoms with Crippen molar-refractivity contribution < 1.29 is 13.2 Å². The zero-order valence-corrected chi connectivity index (χ0v) is 19.3. The summed E-state index contributed by atoms with van der Waals surface area (Å²) in [7, 11) is -2.15. The number of nitrogens with one attached hydrogen (secondary N) is 2. The lowest BCUT2D eigenvalue weighted by atomic mass is 10.1. The molecule has 1 aliphatic rings. The molecule has 1 saturated heterocycles. The van der Waals surface area contributed by atoms with Crippen molar-refractivity contribution in [3.8, 4) is 5.75 Å². The molecule has 6 nitrogen and oxygen atoms in total. The molecular weight excluding hydrogens is 434 g/mol. The highest BCUT2D eigenvalue weighted by molar-refractivity contribution is 7.92. The number of methoxy groups -OCH3 is 1. The van der Waals surface area contributed by atoms with Crippen molar-refractivity contribution in [1.29, 1.82) is 0 Å². The van der Waals surface area contributed by atoms with Gasteiger partial charge >= 0.3 is 0 Å². The Labute approximate surface area is 188 Å². The van der Waals surface area contributed by atoms with E-state index in [-0.39, 0.29) is 4.90 Å². The predicted molar refractivity (Wildman–Crippen MR) is 127 cm³/mol. The van der Waals surface area contributed by atoms with Gasteiger partial charge in [0.2, 0.25) is 0 Å². The van der Waals surface area contributed by atoms with E-state index in [1.807, 2.05) is 12.1 Å². The van der Waals surface area contributed by atoms with E-state index < -0.39 is 10.0 Å². The van der Waals surface area contributed by atoms with Gasteiger partial charge in [-0.15, -0.1) is 0 Å². The highest BCUT2D eigenvalue weighted by Gasteiger charge is 2.24. The molecule has 3 aromatic carbocycles. The molecule has 0 saturated carbocycles. The van der Waals surface area contributed by atoms with E-state index in [9.17, 15) is 8.42 Å². The summed E-state index contributed by atoms with van der Waals surface area (Å²) in [6.07, 6.45) is 0. The standard InChI is InChI=1S/C23H26ClN3O3S/c1-15-13-27(14-16(2)25-15)22-12-18(7-10-23(22)30-3)26-31(28,29)19-8-9-20-17(11-19)5-4-6-21(20)24/h4-12,15-16,25-26H,13-14H2,1-3H3. The Morgan fingerprint density at radius 3 is 2.52 bits per heavy atom. The minimum atomic E-state index is -3.77. The Kier molecular flexibility index (Phi) is 6.01. The summed E-state index contributed by atoms with van der Waals surface area (Å²) in [5, 5.41) is 5.69. The van der Waals surface area contributed by atoms with Crippen molar-refractivity contribution in [1.82, 2.24) is 5.32 Å². The minimum Gasteiger partial charge on any atom is -0.495 e. The molecule has 0 amide bonds. The molecule has 0 aliphatic carbocycles. The van der Waals surface area contributed by atoms with Crippen molar-refractivity contribution in [2.75, 3.05) is 29.8 Å². The van der Waals surface area contributed by atoms with Gasteiger partial charge in [0, 0.05) is 35.6 Å². The maximum absolute atomic E-state index is 13.1. The Morgan fingerprint density at radius 2 is 1.81 bits per heavy atom. The third-order valence-corrected chi connectivity index (χ3v) is 7.15. The van der Waals surface area contributed by atoms with Crippen molar-refractivity contribution in [3.63, 3.8) is 0 Å². The maximum atomic E-state index is 13.1. The highest BCUT2D eigenvalue weighted by Crippen LogP contribution is 2.34. The fraction of sp³-hybridized carbons (Fsp3) is 0.304. The molecule has 2 N–H and O–H groups in total. The third-order valence-electron chi connectivity index (χ3n) is 5.44. The first-order valence-corrected chi connectivity index (χ1v) is 12.0. The van der Waals surface area contributed by atoms with Gasteiger partial charge in [-0.05, 0) is 55.6 Å². The van der Waals surface area contributed by atoms with Crippen LogP contribution in [0.15, 0.2) is 59.5 Å². The van der Waals surface area contributed by atoms with Crippen LogP contribution in [0.5, 0.6) is 5.75 Å². The van der Waals surface area contributed by atoms with Gasteiger partial charge in [-0.3, -0.25) is 4.72 Å². The Morgan fingerprint density at radius 1 is 1.06 bits per heavy atom. The fourth-order valence-corrected chi connectivity index (χ4v) is 5.46. The Balaban J connectivity index is 1.65. The molecule has 1 fully saturated rings. The molecule has 0 spiro atoms. The van der Waals surface area contributed by atoms with Crippen LogP contribution in [0.25, 0.3) is 10.8 Å². The summed E-state index contributed by atoms with van der Waals surface area (Å²) in [4.78, 5) is 2.41. The molecule has 2 atom stereocenters. The van der Waals surface area contributed by atoms with Gasteiger partial charge in [0.15, 0.2) is 0 Å². The number of benzene rings is 3. The largest absolute Gasteiger partial charge is 0.495 e. The molecule has 1 heterocycles. The fourth-order valence-electron chi connectivity index (χ4n) is 4.13. The number of rotatable bonds is 5. The zero-order chi connectivity index (χ0) is 22.2. The van der Waals surface area contributed by atoms with Crippen LogP contribution in [0, 0.1) is 0 Å². The molecule has 164 valence electrons. The van der Waals surface area contributed by atoms with Gasteiger partial charge in [0.25, 0.3) is 10.0 Å². The number of hydrogen-bond donors (Lipinski definition) is 2. The van der Waals surface area contributed by atoms with Gasteiger partial charge in [0.1, 0.15) is 5.75 Å². The number of nitrogens with zero attached hydrogens (tertiary/aromatic N) is 1. The van der Waals surface area contributed by atoms with E-state index in [1.54, 1.807) is 49.6 Å². The third kappa shape index (κ3) is 4.59. The SMILES string of the molecule is COc1ccc(NS(=O)(=O)c2ccc3c(Cl)cccc3c2)cc1N1CC(C)NC(C)C1. The van der Waals surface area contributed by atoms with Crippen LogP contribution in [0.2, 0.25) is 5.02 Å². The van der Waals surface area contributed by atoms with Crippen LogP contribution in [-0.2, 0) is 10.0 Å². The molecule has 0 aromatic heterocycles. The number of fused-ring (bicyclic) bond motifs is 1. The van der Waals surface area contributed by atoms with Crippen LogP contribution in [0.1, 0.15) is 13.8 Å². The average Bonchev–Trinajstić information content (AvgIpc) is 2.72. The minimum absolute atomic E-state index is 0.184. The van der Waals surface area contributed by atoms with E-state index in [4.69, 9.17) is 16.3 Å². The van der Waals surface area contributed by atoms with Gasteiger partial charge in [-0.2, -0.15) is 0 Å². The van der Waals surface area contributed by atoms with E-state index in [1.165, 1.54) is 0 Å². The maximum Gasteiger partial charge on any atom is 0.261 e. The normalized spacial score (nSPS) is 19.4. The highest BCUT2D eigenvalue weighted by atomic mass is 35.5. The van der Waals surface area contributed by atoms with Crippen LogP contribution in [0.3, 0.4) is 0 Å². The van der Waals surface area contributed by atoms with Crippen molar-refractivity contribution in [2.24, 2.45) is 0 Å². The number of ether oxygens (including phenoxy) is 1. The summed E-state index contributed by atoms with van der Waals surface area (Å²) in [6, 6.07) is 16.3. The molecule has 8 heteroatoms. The molecule has 2 unspecified atom stereocenters. The number of anilines is 2. The average molecular weight is 460 g/mol. The van der Waals surface area contributed by atoms with Gasteiger partial charge in [-0.25, -0.2) is 8.42 Å². The summed E-state index contributed by atoms with van der Waals surface area (Å²) >= 11 is 6.21. The first-order chi connectivity index (χ1) is 14.8. The van der Waals surface area contributed by atoms with Crippen LogP contribution in [-0.4, -0.2) is 40.7 Å². The van der Waals surface area contributed by atoms with Crippen molar-refractivity contribution in [2.45, 2.75) is 30.8 Å². The van der Waals surface area contributed by atoms with Gasteiger partial charge in [0.05, 0.1) is 23.4 Å². The Bertz CT molecular complexity index is 1210. The summed E-state index contributed by atoms with van der Waals surface area (Å²) in [6.45, 7) is 5.88. The van der Waals surface area contributed by atoms with E-state index >= 15 is 0 Å². The first-order valence-electron chi connectivity index (χ1n) is 10.2. The van der Waals surface area contributed by atoms with Crippen LogP contribution in [0.4, 0.5) is 11.4 Å². The van der Waals surface area contributed by atoms with E-state index in [0.717, 1.165) is 29.5 Å².